The number of hydrogen-bond donors (Lipinski definition) is 1. The van der Waals surface area contributed by atoms with Gasteiger partial charge in [0.15, 0.2) is 5.82 Å². The average Bonchev–Trinajstić information content (AvgIpc) is 3.30. The summed E-state index contributed by atoms with van der Waals surface area (Å²) in [6, 6.07) is 10.2. The van der Waals surface area contributed by atoms with E-state index in [4.69, 9.17) is 0 Å². The van der Waals surface area contributed by atoms with Gasteiger partial charge in [-0.3, -0.25) is 4.68 Å². The number of amides is 2. The Bertz CT molecular complexity index is 869. The van der Waals surface area contributed by atoms with E-state index >= 15 is 0 Å². The van der Waals surface area contributed by atoms with E-state index in [1.54, 1.807) is 24.5 Å². The molecule has 0 atom stereocenters. The zero-order chi connectivity index (χ0) is 19.2. The van der Waals surface area contributed by atoms with Crippen LogP contribution >= 0.6 is 0 Å². The lowest BCUT2D eigenvalue weighted by Gasteiger charge is -2.18. The van der Waals surface area contributed by atoms with Crippen LogP contribution in [0, 0.1) is 0 Å². The fraction of sp³-hybridized carbons (Fsp3) is 0.368. The number of carbonyl (C=O) groups excluding carboxylic acids is 1. The van der Waals surface area contributed by atoms with Gasteiger partial charge in [-0.1, -0.05) is 30.3 Å². The molecule has 2 amide bonds. The molecule has 0 unspecified atom stereocenters. The largest absolute Gasteiger partial charge is 0.334 e. The number of nitrogens with zero attached hydrogens (tertiary/aromatic N) is 6. The van der Waals surface area contributed by atoms with Crippen molar-refractivity contribution >= 4 is 6.03 Å². The highest BCUT2D eigenvalue weighted by atomic mass is 16.2. The van der Waals surface area contributed by atoms with Gasteiger partial charge < -0.3 is 14.8 Å². The molecule has 0 saturated heterocycles. The van der Waals surface area contributed by atoms with Crippen molar-refractivity contribution in [2.24, 2.45) is 0 Å². The molecule has 3 aromatic rings. The molecular weight excluding hydrogens is 342 g/mol. The van der Waals surface area contributed by atoms with Gasteiger partial charge in [0.1, 0.15) is 6.33 Å². The molecule has 8 nitrogen and oxygen atoms in total. The minimum absolute atomic E-state index is 0.163. The summed E-state index contributed by atoms with van der Waals surface area (Å²) in [6.07, 6.45) is 5.41. The molecule has 3 rings (SSSR count). The first-order valence-electron chi connectivity index (χ1n) is 8.95. The summed E-state index contributed by atoms with van der Waals surface area (Å²) < 4.78 is 3.82. The predicted octanol–water partition coefficient (Wildman–Crippen LogP) is 2.45. The van der Waals surface area contributed by atoms with Crippen LogP contribution in [0.4, 0.5) is 4.79 Å². The summed E-state index contributed by atoms with van der Waals surface area (Å²) in [5.74, 6) is 0.762. The highest BCUT2D eigenvalue weighted by molar-refractivity contribution is 5.73. The van der Waals surface area contributed by atoms with E-state index in [0.717, 1.165) is 11.4 Å². The molecule has 2 aromatic heterocycles. The minimum Gasteiger partial charge on any atom is -0.334 e. The first-order valence-corrected chi connectivity index (χ1v) is 8.95. The molecule has 8 heteroatoms. The van der Waals surface area contributed by atoms with Crippen LogP contribution in [0.1, 0.15) is 36.8 Å². The van der Waals surface area contributed by atoms with Crippen molar-refractivity contribution in [2.45, 2.75) is 39.5 Å². The standard InChI is InChI=1S/C19H25N7O/c1-15(2)26-14-21-23-18(26)13-24(3)19(27)20-9-17-10-22-25(12-17)11-16-7-5-4-6-8-16/h4-8,10,12,14-15H,9,11,13H2,1-3H3,(H,20,27). The van der Waals surface area contributed by atoms with Crippen LogP contribution in [0.3, 0.4) is 0 Å². The first kappa shape index (κ1) is 18.6. The van der Waals surface area contributed by atoms with Gasteiger partial charge in [0.2, 0.25) is 0 Å². The van der Waals surface area contributed by atoms with Crippen LogP contribution in [0.15, 0.2) is 49.1 Å². The van der Waals surface area contributed by atoms with Gasteiger partial charge in [0, 0.05) is 31.4 Å². The lowest BCUT2D eigenvalue weighted by Crippen LogP contribution is -2.37. The smallest absolute Gasteiger partial charge is 0.317 e. The zero-order valence-electron chi connectivity index (χ0n) is 15.9. The summed E-state index contributed by atoms with van der Waals surface area (Å²) in [6.45, 7) is 5.64. The monoisotopic (exact) mass is 367 g/mol. The Morgan fingerprint density at radius 2 is 2.00 bits per heavy atom. The fourth-order valence-electron chi connectivity index (χ4n) is 2.76. The van der Waals surface area contributed by atoms with Crippen LogP contribution in [0.2, 0.25) is 0 Å². The molecule has 2 heterocycles. The Labute approximate surface area is 158 Å². The maximum absolute atomic E-state index is 12.4. The molecule has 1 aromatic carbocycles. The molecule has 27 heavy (non-hydrogen) atoms. The number of urea groups is 1. The van der Waals surface area contributed by atoms with E-state index in [1.165, 1.54) is 5.56 Å². The lowest BCUT2D eigenvalue weighted by atomic mass is 10.2. The number of carbonyl (C=O) groups is 1. The van der Waals surface area contributed by atoms with Gasteiger partial charge in [0.25, 0.3) is 0 Å². The van der Waals surface area contributed by atoms with E-state index in [9.17, 15) is 4.79 Å². The van der Waals surface area contributed by atoms with Crippen LogP contribution in [0.5, 0.6) is 0 Å². The Balaban J connectivity index is 1.51. The Kier molecular flexibility index (Phi) is 5.85. The van der Waals surface area contributed by atoms with E-state index in [1.807, 2.05) is 33.6 Å². The second-order valence-electron chi connectivity index (χ2n) is 6.79. The normalized spacial score (nSPS) is 11.0. The number of aromatic nitrogens is 5. The second-order valence-corrected chi connectivity index (χ2v) is 6.79. The van der Waals surface area contributed by atoms with E-state index in [2.05, 4.69) is 46.6 Å². The second kappa shape index (κ2) is 8.48. The third-order valence-corrected chi connectivity index (χ3v) is 4.25. The molecular formula is C19H25N7O. The summed E-state index contributed by atoms with van der Waals surface area (Å²) in [5.41, 5.74) is 2.14. The fourth-order valence-corrected chi connectivity index (χ4v) is 2.76. The minimum atomic E-state index is -0.163. The number of benzene rings is 1. The van der Waals surface area contributed by atoms with Crippen LogP contribution in [-0.4, -0.2) is 42.5 Å². The Morgan fingerprint density at radius 3 is 2.74 bits per heavy atom. The van der Waals surface area contributed by atoms with Gasteiger partial charge in [-0.25, -0.2) is 4.79 Å². The number of nitrogens with one attached hydrogen (secondary N) is 1. The topological polar surface area (TPSA) is 80.9 Å². The maximum Gasteiger partial charge on any atom is 0.317 e. The molecule has 0 bridgehead atoms. The molecule has 0 aliphatic heterocycles. The van der Waals surface area contributed by atoms with Crippen molar-refractivity contribution < 1.29 is 4.79 Å². The molecule has 0 spiro atoms. The van der Waals surface area contributed by atoms with Crippen LogP contribution in [-0.2, 0) is 19.6 Å². The Hall–Kier alpha value is -3.16. The number of hydrogen-bond acceptors (Lipinski definition) is 4. The highest BCUT2D eigenvalue weighted by Crippen LogP contribution is 2.09. The summed E-state index contributed by atoms with van der Waals surface area (Å²) in [4.78, 5) is 13.9. The molecule has 0 aliphatic carbocycles. The third kappa shape index (κ3) is 4.93. The van der Waals surface area contributed by atoms with Crippen molar-refractivity contribution in [1.82, 2.24) is 34.8 Å². The molecule has 1 N–H and O–H groups in total. The molecule has 0 radical (unpaired) electrons. The van der Waals surface area contributed by atoms with Gasteiger partial charge in [-0.2, -0.15) is 5.10 Å². The molecule has 142 valence electrons. The van der Waals surface area contributed by atoms with Gasteiger partial charge in [0.05, 0.1) is 19.3 Å². The van der Waals surface area contributed by atoms with Crippen molar-refractivity contribution in [3.63, 3.8) is 0 Å². The van der Waals surface area contributed by atoms with E-state index < -0.39 is 0 Å². The average molecular weight is 367 g/mol. The quantitative estimate of drug-likeness (QED) is 0.695. The van der Waals surface area contributed by atoms with E-state index in [0.29, 0.717) is 19.6 Å². The molecule has 0 fully saturated rings. The number of rotatable bonds is 7. The van der Waals surface area contributed by atoms with Crippen LogP contribution < -0.4 is 5.32 Å². The van der Waals surface area contributed by atoms with Crippen molar-refractivity contribution in [3.8, 4) is 0 Å². The van der Waals surface area contributed by atoms with Crippen LogP contribution in [0.25, 0.3) is 0 Å². The van der Waals surface area contributed by atoms with Gasteiger partial charge >= 0.3 is 6.03 Å². The SMILES string of the molecule is CC(C)n1cnnc1CN(C)C(=O)NCc1cnn(Cc2ccccc2)c1. The Morgan fingerprint density at radius 1 is 1.22 bits per heavy atom. The summed E-state index contributed by atoms with van der Waals surface area (Å²) >= 11 is 0. The van der Waals surface area contributed by atoms with Crippen molar-refractivity contribution in [1.29, 1.82) is 0 Å². The van der Waals surface area contributed by atoms with Gasteiger partial charge in [-0.05, 0) is 19.4 Å². The maximum atomic E-state index is 12.4. The molecule has 0 saturated carbocycles. The lowest BCUT2D eigenvalue weighted by molar-refractivity contribution is 0.204. The van der Waals surface area contributed by atoms with Gasteiger partial charge in [-0.15, -0.1) is 10.2 Å². The molecule has 0 aliphatic rings. The zero-order valence-corrected chi connectivity index (χ0v) is 15.9. The predicted molar refractivity (Wildman–Crippen MR) is 102 cm³/mol. The third-order valence-electron chi connectivity index (χ3n) is 4.25. The van der Waals surface area contributed by atoms with E-state index in [-0.39, 0.29) is 12.1 Å². The highest BCUT2D eigenvalue weighted by Gasteiger charge is 2.14. The summed E-state index contributed by atoms with van der Waals surface area (Å²) in [5, 5.41) is 15.3. The van der Waals surface area contributed by atoms with Crippen molar-refractivity contribution in [3.05, 3.63) is 66.0 Å². The summed E-state index contributed by atoms with van der Waals surface area (Å²) in [7, 11) is 1.74. The van der Waals surface area contributed by atoms with Crippen molar-refractivity contribution in [2.75, 3.05) is 7.05 Å². The first-order chi connectivity index (χ1) is 13.0.